The Hall–Kier alpha value is -1.67. The van der Waals surface area contributed by atoms with E-state index in [0.29, 0.717) is 40.5 Å². The highest BCUT2D eigenvalue weighted by molar-refractivity contribution is 6.35. The molecule has 0 bridgehead atoms. The molecule has 1 aromatic carbocycles. The monoisotopic (exact) mass is 395 g/mol. The molecule has 0 saturated carbocycles. The smallest absolute Gasteiger partial charge is 0.274 e. The van der Waals surface area contributed by atoms with Crippen molar-refractivity contribution < 1.29 is 9.53 Å². The van der Waals surface area contributed by atoms with Crippen LogP contribution in [-0.2, 0) is 0 Å². The predicted molar refractivity (Wildman–Crippen MR) is 102 cm³/mol. The lowest BCUT2D eigenvalue weighted by Crippen LogP contribution is -2.36. The van der Waals surface area contributed by atoms with E-state index in [9.17, 15) is 4.79 Å². The number of hydrogen-bond donors (Lipinski definition) is 4. The van der Waals surface area contributed by atoms with Crippen molar-refractivity contribution in [1.29, 1.82) is 0 Å². The Morgan fingerprint density at radius 3 is 2.75 bits per heavy atom. The molecular weight excluding hydrogens is 377 g/mol. The molecule has 1 amide bonds. The molecule has 0 unspecified atom stereocenters. The van der Waals surface area contributed by atoms with E-state index in [2.05, 4.69) is 15.3 Å². The third-order valence-electron chi connectivity index (χ3n) is 3.04. The summed E-state index contributed by atoms with van der Waals surface area (Å²) >= 11 is 6.17. The Kier molecular flexibility index (Phi) is 9.53. The molecule has 0 aliphatic carbocycles. The molecule has 0 spiro atoms. The molecule has 134 valence electrons. The number of benzene rings is 1. The largest absolute Gasteiger partial charge is 0.491 e. The van der Waals surface area contributed by atoms with Gasteiger partial charge >= 0.3 is 0 Å². The molecule has 1 heterocycles. The Bertz CT molecular complexity index is 718. The molecule has 7 nitrogen and oxygen atoms in total. The van der Waals surface area contributed by atoms with Crippen molar-refractivity contribution in [3.63, 3.8) is 0 Å². The fourth-order valence-electron chi connectivity index (χ4n) is 1.91. The van der Waals surface area contributed by atoms with Gasteiger partial charge in [0.15, 0.2) is 5.96 Å². The van der Waals surface area contributed by atoms with Crippen molar-refractivity contribution in [3.05, 3.63) is 28.9 Å². The van der Waals surface area contributed by atoms with Crippen LogP contribution in [-0.4, -0.2) is 37.1 Å². The Balaban J connectivity index is 0.00000264. The normalized spacial score (nSPS) is 10.7. The number of nitrogens with zero attached hydrogens (tertiary/aromatic N) is 1. The van der Waals surface area contributed by atoms with Crippen molar-refractivity contribution in [1.82, 2.24) is 10.3 Å². The second kappa shape index (κ2) is 10.2. The summed E-state index contributed by atoms with van der Waals surface area (Å²) in [4.78, 5) is 18.7. The minimum Gasteiger partial charge on any atom is -0.491 e. The van der Waals surface area contributed by atoms with Gasteiger partial charge in [-0.25, -0.2) is 0 Å². The zero-order chi connectivity index (χ0) is 16.1. The van der Waals surface area contributed by atoms with E-state index in [1.807, 2.05) is 0 Å². The number of rotatable bonds is 5. The van der Waals surface area contributed by atoms with Crippen LogP contribution in [0.15, 0.2) is 23.2 Å². The van der Waals surface area contributed by atoms with Crippen LogP contribution in [0.2, 0.25) is 5.02 Å². The maximum absolute atomic E-state index is 12.1. The number of carbonyl (C=O) groups is 1. The highest BCUT2D eigenvalue weighted by atomic mass is 35.5. The highest BCUT2D eigenvalue weighted by Crippen LogP contribution is 2.31. The Morgan fingerprint density at radius 1 is 1.42 bits per heavy atom. The summed E-state index contributed by atoms with van der Waals surface area (Å²) in [6.07, 6.45) is 0.738. The van der Waals surface area contributed by atoms with Crippen molar-refractivity contribution in [2.24, 2.45) is 16.5 Å². The first-order valence-electron chi connectivity index (χ1n) is 6.74. The molecular formula is C14H20Cl3N5O2. The van der Waals surface area contributed by atoms with Crippen LogP contribution < -0.4 is 21.5 Å². The molecule has 0 saturated heterocycles. The number of carbonyl (C=O) groups excluding carboxylic acids is 1. The van der Waals surface area contributed by atoms with E-state index in [1.54, 1.807) is 18.2 Å². The second-order valence-corrected chi connectivity index (χ2v) is 4.98. The van der Waals surface area contributed by atoms with Crippen molar-refractivity contribution in [2.75, 3.05) is 20.2 Å². The Labute approximate surface area is 157 Å². The lowest BCUT2D eigenvalue weighted by Gasteiger charge is -2.07. The average molecular weight is 397 g/mol. The molecule has 0 fully saturated rings. The van der Waals surface area contributed by atoms with Gasteiger partial charge in [0.1, 0.15) is 11.4 Å². The van der Waals surface area contributed by atoms with Crippen molar-refractivity contribution in [2.45, 2.75) is 6.42 Å². The third kappa shape index (κ3) is 5.17. The number of fused-ring (bicyclic) bond motifs is 1. The summed E-state index contributed by atoms with van der Waals surface area (Å²) < 4.78 is 5.66. The number of H-pyrrole nitrogens is 1. The standard InChI is InChI=1S/C14H18ClN5O2.2ClH/c1-18-14(17)20-13(21)10-7-8-9(15)3-4-11(12(8)19-10)22-6-2-5-16;;/h3-4,7,19H,2,5-6,16H2,1H3,(H3,17,18,20,21);2*1H. The fourth-order valence-corrected chi connectivity index (χ4v) is 2.12. The summed E-state index contributed by atoms with van der Waals surface area (Å²) in [5.74, 6) is 0.251. The van der Waals surface area contributed by atoms with E-state index >= 15 is 0 Å². The number of ether oxygens (including phenoxy) is 1. The van der Waals surface area contributed by atoms with Gasteiger partial charge in [-0.3, -0.25) is 15.1 Å². The van der Waals surface area contributed by atoms with E-state index in [4.69, 9.17) is 27.8 Å². The van der Waals surface area contributed by atoms with Gasteiger partial charge in [-0.05, 0) is 31.2 Å². The van der Waals surface area contributed by atoms with Crippen molar-refractivity contribution in [3.8, 4) is 5.75 Å². The molecule has 24 heavy (non-hydrogen) atoms. The molecule has 0 atom stereocenters. The zero-order valence-corrected chi connectivity index (χ0v) is 15.4. The van der Waals surface area contributed by atoms with Gasteiger partial charge in [-0.15, -0.1) is 24.8 Å². The zero-order valence-electron chi connectivity index (χ0n) is 13.0. The Morgan fingerprint density at radius 2 is 2.12 bits per heavy atom. The highest BCUT2D eigenvalue weighted by Gasteiger charge is 2.15. The van der Waals surface area contributed by atoms with Crippen LogP contribution in [0, 0.1) is 0 Å². The predicted octanol–water partition coefficient (Wildman–Crippen LogP) is 2.07. The van der Waals surface area contributed by atoms with Gasteiger partial charge in [-0.1, -0.05) is 11.6 Å². The van der Waals surface area contributed by atoms with Gasteiger partial charge in [0.2, 0.25) is 0 Å². The van der Waals surface area contributed by atoms with Crippen LogP contribution in [0.4, 0.5) is 0 Å². The molecule has 2 rings (SSSR count). The minimum atomic E-state index is -0.400. The maximum Gasteiger partial charge on any atom is 0.274 e. The molecule has 10 heteroatoms. The summed E-state index contributed by atoms with van der Waals surface area (Å²) in [6, 6.07) is 5.12. The topological polar surface area (TPSA) is 119 Å². The molecule has 2 aromatic rings. The fraction of sp³-hybridized carbons (Fsp3) is 0.286. The van der Waals surface area contributed by atoms with Gasteiger partial charge in [-0.2, -0.15) is 0 Å². The first-order valence-corrected chi connectivity index (χ1v) is 7.12. The molecule has 6 N–H and O–H groups in total. The summed E-state index contributed by atoms with van der Waals surface area (Å²) in [7, 11) is 1.49. The van der Waals surface area contributed by atoms with Gasteiger partial charge in [0, 0.05) is 12.4 Å². The molecule has 1 aromatic heterocycles. The quantitative estimate of drug-likeness (QED) is 0.351. The lowest BCUT2D eigenvalue weighted by molar-refractivity contribution is 0.0972. The minimum absolute atomic E-state index is 0. The number of aromatic nitrogens is 1. The number of halogens is 3. The average Bonchev–Trinajstić information content (AvgIpc) is 2.96. The summed E-state index contributed by atoms with van der Waals surface area (Å²) in [5, 5.41) is 3.68. The molecule has 0 radical (unpaired) electrons. The van der Waals surface area contributed by atoms with Crippen LogP contribution in [0.5, 0.6) is 5.75 Å². The molecule has 0 aliphatic rings. The molecule has 0 aliphatic heterocycles. The lowest BCUT2D eigenvalue weighted by atomic mass is 10.2. The first kappa shape index (κ1) is 22.3. The summed E-state index contributed by atoms with van der Waals surface area (Å²) in [6.45, 7) is 1.04. The van der Waals surface area contributed by atoms with Gasteiger partial charge in [0.25, 0.3) is 5.91 Å². The number of nitrogens with one attached hydrogen (secondary N) is 2. The number of aliphatic imine (C=N–C) groups is 1. The van der Waals surface area contributed by atoms with Crippen molar-refractivity contribution >= 4 is 59.2 Å². The van der Waals surface area contributed by atoms with E-state index < -0.39 is 5.91 Å². The van der Waals surface area contributed by atoms with E-state index in [-0.39, 0.29) is 30.8 Å². The number of hydrogen-bond acceptors (Lipinski definition) is 4. The van der Waals surface area contributed by atoms with Crippen LogP contribution >= 0.6 is 36.4 Å². The van der Waals surface area contributed by atoms with E-state index in [0.717, 1.165) is 6.42 Å². The first-order chi connectivity index (χ1) is 10.6. The number of amides is 1. The number of guanidine groups is 1. The third-order valence-corrected chi connectivity index (χ3v) is 3.37. The van der Waals surface area contributed by atoms with Crippen LogP contribution in [0.1, 0.15) is 16.9 Å². The SMILES string of the molecule is CN=C(N)NC(=O)c1cc2c(Cl)ccc(OCCCN)c2[nH]1.Cl.Cl. The second-order valence-electron chi connectivity index (χ2n) is 4.57. The van der Waals surface area contributed by atoms with Gasteiger partial charge < -0.3 is 21.2 Å². The summed E-state index contributed by atoms with van der Waals surface area (Å²) in [5.41, 5.74) is 11.9. The van der Waals surface area contributed by atoms with Gasteiger partial charge in [0.05, 0.1) is 17.1 Å². The number of nitrogens with two attached hydrogens (primary N) is 2. The number of aromatic amines is 1. The van der Waals surface area contributed by atoms with Crippen LogP contribution in [0.3, 0.4) is 0 Å². The maximum atomic E-state index is 12.1. The van der Waals surface area contributed by atoms with E-state index in [1.165, 1.54) is 7.05 Å². The van der Waals surface area contributed by atoms with Crippen LogP contribution in [0.25, 0.3) is 10.9 Å².